The molecule has 1 amide bonds. The van der Waals surface area contributed by atoms with E-state index in [2.05, 4.69) is 10.6 Å². The van der Waals surface area contributed by atoms with Crippen molar-refractivity contribution >= 4 is 22.7 Å². The molecule has 118 valence electrons. The van der Waals surface area contributed by atoms with Gasteiger partial charge in [0.25, 0.3) is 0 Å². The molecule has 3 rings (SSSR count). The van der Waals surface area contributed by atoms with Gasteiger partial charge in [-0.1, -0.05) is 0 Å². The predicted molar refractivity (Wildman–Crippen MR) is 84.9 cm³/mol. The maximum atomic E-state index is 11.5. The smallest absolute Gasteiger partial charge is 0.408 e. The highest BCUT2D eigenvalue weighted by Crippen LogP contribution is 2.24. The van der Waals surface area contributed by atoms with Gasteiger partial charge in [0.2, 0.25) is 5.91 Å². The van der Waals surface area contributed by atoms with E-state index in [0.717, 1.165) is 36.9 Å². The predicted octanol–water partition coefficient (Wildman–Crippen LogP) is 1.99. The fourth-order valence-electron chi connectivity index (χ4n) is 3.12. The Morgan fingerprint density at radius 3 is 2.59 bits per heavy atom. The van der Waals surface area contributed by atoms with Crippen molar-refractivity contribution in [2.24, 2.45) is 7.05 Å². The van der Waals surface area contributed by atoms with Gasteiger partial charge in [0, 0.05) is 31.7 Å². The van der Waals surface area contributed by atoms with Gasteiger partial charge in [-0.05, 0) is 43.9 Å². The molecule has 1 aliphatic carbocycles. The Morgan fingerprint density at radius 2 is 1.91 bits per heavy atom. The molecule has 1 fully saturated rings. The summed E-state index contributed by atoms with van der Waals surface area (Å²) in [4.78, 5) is 22.6. The highest BCUT2D eigenvalue weighted by Gasteiger charge is 2.21. The summed E-state index contributed by atoms with van der Waals surface area (Å²) in [6, 6.07) is 6.40. The molecule has 0 bridgehead atoms. The Hall–Kier alpha value is -2.24. The second-order valence-electron chi connectivity index (χ2n) is 6.00. The zero-order chi connectivity index (χ0) is 15.7. The number of amides is 1. The lowest BCUT2D eigenvalue weighted by atomic mass is 9.91. The summed E-state index contributed by atoms with van der Waals surface area (Å²) >= 11 is 0. The molecule has 6 heteroatoms. The fourth-order valence-corrected chi connectivity index (χ4v) is 3.12. The van der Waals surface area contributed by atoms with Gasteiger partial charge in [-0.15, -0.1) is 0 Å². The van der Waals surface area contributed by atoms with E-state index in [1.807, 2.05) is 18.2 Å². The van der Waals surface area contributed by atoms with E-state index in [9.17, 15) is 9.59 Å². The van der Waals surface area contributed by atoms with E-state index in [0.29, 0.717) is 17.7 Å². The van der Waals surface area contributed by atoms with Gasteiger partial charge in [0.15, 0.2) is 5.58 Å². The Bertz CT molecular complexity index is 739. The number of nitrogens with zero attached hydrogens (tertiary/aromatic N) is 1. The van der Waals surface area contributed by atoms with Crippen molar-refractivity contribution in [3.8, 4) is 0 Å². The summed E-state index contributed by atoms with van der Waals surface area (Å²) in [5.74, 6) is -0.300. The molecule has 1 saturated carbocycles. The first-order valence-corrected chi connectivity index (χ1v) is 7.66. The number of hydrogen-bond acceptors (Lipinski definition) is 4. The van der Waals surface area contributed by atoms with Crippen LogP contribution in [0, 0.1) is 0 Å². The quantitative estimate of drug-likeness (QED) is 0.909. The Balaban J connectivity index is 1.66. The van der Waals surface area contributed by atoms with E-state index in [4.69, 9.17) is 4.42 Å². The van der Waals surface area contributed by atoms with Crippen molar-refractivity contribution in [1.82, 2.24) is 9.88 Å². The second kappa shape index (κ2) is 5.87. The third-order valence-electron chi connectivity index (χ3n) is 4.30. The first kappa shape index (κ1) is 14.7. The number of rotatable bonds is 3. The molecule has 0 aliphatic heterocycles. The van der Waals surface area contributed by atoms with Gasteiger partial charge >= 0.3 is 5.76 Å². The number of carbonyl (C=O) groups is 1. The number of oxazole rings is 1. The molecule has 2 aromatic rings. The highest BCUT2D eigenvalue weighted by atomic mass is 16.4. The highest BCUT2D eigenvalue weighted by molar-refractivity contribution is 5.77. The van der Waals surface area contributed by atoms with Crippen LogP contribution in [-0.4, -0.2) is 22.6 Å². The molecule has 0 spiro atoms. The maximum absolute atomic E-state index is 11.5. The van der Waals surface area contributed by atoms with Crippen molar-refractivity contribution in [3.63, 3.8) is 0 Å². The van der Waals surface area contributed by atoms with Gasteiger partial charge in [0.1, 0.15) is 0 Å². The van der Waals surface area contributed by atoms with Crippen LogP contribution in [0.25, 0.3) is 11.1 Å². The van der Waals surface area contributed by atoms with Crippen LogP contribution in [0.15, 0.2) is 27.4 Å². The van der Waals surface area contributed by atoms with Crippen LogP contribution in [0.4, 0.5) is 5.69 Å². The summed E-state index contributed by atoms with van der Waals surface area (Å²) in [6.07, 6.45) is 4.02. The van der Waals surface area contributed by atoms with E-state index < -0.39 is 0 Å². The molecule has 1 aliphatic rings. The molecular formula is C16H21N3O3. The number of carbonyl (C=O) groups excluding carboxylic acids is 1. The lowest BCUT2D eigenvalue weighted by Crippen LogP contribution is -2.39. The van der Waals surface area contributed by atoms with Crippen molar-refractivity contribution < 1.29 is 9.21 Å². The Kier molecular flexibility index (Phi) is 3.92. The van der Waals surface area contributed by atoms with Crippen molar-refractivity contribution in [2.45, 2.75) is 44.7 Å². The van der Waals surface area contributed by atoms with Crippen molar-refractivity contribution in [1.29, 1.82) is 0 Å². The monoisotopic (exact) mass is 303 g/mol. The molecule has 6 nitrogen and oxygen atoms in total. The molecular weight excluding hydrogens is 282 g/mol. The summed E-state index contributed by atoms with van der Waals surface area (Å²) in [5.41, 5.74) is 2.39. The van der Waals surface area contributed by atoms with Crippen LogP contribution < -0.4 is 16.4 Å². The number of nitrogens with one attached hydrogen (secondary N) is 2. The molecule has 0 atom stereocenters. The third-order valence-corrected chi connectivity index (χ3v) is 4.30. The molecule has 0 radical (unpaired) electrons. The van der Waals surface area contributed by atoms with E-state index >= 15 is 0 Å². The lowest BCUT2D eigenvalue weighted by molar-refractivity contribution is -0.119. The van der Waals surface area contributed by atoms with Crippen LogP contribution >= 0.6 is 0 Å². The standard InChI is InChI=1S/C16H21N3O3/c1-10(20)17-11-3-5-12(6-4-11)18-13-7-8-15-14(9-13)19(2)16(21)22-15/h7-9,11-12,18H,3-6H2,1-2H3,(H,17,20). The minimum atomic E-state index is -0.344. The third kappa shape index (κ3) is 3.00. The second-order valence-corrected chi connectivity index (χ2v) is 6.00. The summed E-state index contributed by atoms with van der Waals surface area (Å²) in [5, 5.41) is 6.50. The van der Waals surface area contributed by atoms with Gasteiger partial charge in [-0.3, -0.25) is 9.36 Å². The normalized spacial score (nSPS) is 21.7. The topological polar surface area (TPSA) is 76.3 Å². The summed E-state index contributed by atoms with van der Waals surface area (Å²) < 4.78 is 6.64. The maximum Gasteiger partial charge on any atom is 0.419 e. The van der Waals surface area contributed by atoms with Gasteiger partial charge in [-0.25, -0.2) is 4.79 Å². The summed E-state index contributed by atoms with van der Waals surface area (Å²) in [6.45, 7) is 1.56. The summed E-state index contributed by atoms with van der Waals surface area (Å²) in [7, 11) is 1.70. The zero-order valence-corrected chi connectivity index (χ0v) is 12.9. The van der Waals surface area contributed by atoms with Crippen molar-refractivity contribution in [3.05, 3.63) is 28.7 Å². The van der Waals surface area contributed by atoms with Crippen LogP contribution in [0.2, 0.25) is 0 Å². The van der Waals surface area contributed by atoms with Crippen LogP contribution in [-0.2, 0) is 11.8 Å². The zero-order valence-electron chi connectivity index (χ0n) is 12.9. The van der Waals surface area contributed by atoms with E-state index in [-0.39, 0.29) is 11.7 Å². The first-order valence-electron chi connectivity index (χ1n) is 7.66. The Morgan fingerprint density at radius 1 is 1.23 bits per heavy atom. The lowest BCUT2D eigenvalue weighted by Gasteiger charge is -2.30. The number of aryl methyl sites for hydroxylation is 1. The molecule has 0 saturated heterocycles. The number of aromatic nitrogens is 1. The molecule has 1 aromatic carbocycles. The number of fused-ring (bicyclic) bond motifs is 1. The number of hydrogen-bond donors (Lipinski definition) is 2. The van der Waals surface area contributed by atoms with Crippen molar-refractivity contribution in [2.75, 3.05) is 5.32 Å². The van der Waals surface area contributed by atoms with Gasteiger partial charge in [-0.2, -0.15) is 0 Å². The first-order chi connectivity index (χ1) is 10.5. The van der Waals surface area contributed by atoms with Crippen LogP contribution in [0.5, 0.6) is 0 Å². The largest absolute Gasteiger partial charge is 0.419 e. The van der Waals surface area contributed by atoms with Crippen LogP contribution in [0.3, 0.4) is 0 Å². The molecule has 22 heavy (non-hydrogen) atoms. The fraction of sp³-hybridized carbons (Fsp3) is 0.500. The number of benzene rings is 1. The SMILES string of the molecule is CC(=O)NC1CCC(Nc2ccc3oc(=O)n(C)c3c2)CC1. The average molecular weight is 303 g/mol. The molecule has 2 N–H and O–H groups in total. The van der Waals surface area contributed by atoms with Crippen LogP contribution in [0.1, 0.15) is 32.6 Å². The minimum absolute atomic E-state index is 0.0442. The Labute approximate surface area is 128 Å². The van der Waals surface area contributed by atoms with E-state index in [1.54, 1.807) is 14.0 Å². The minimum Gasteiger partial charge on any atom is -0.408 e. The van der Waals surface area contributed by atoms with E-state index in [1.165, 1.54) is 4.57 Å². The average Bonchev–Trinajstić information content (AvgIpc) is 2.76. The van der Waals surface area contributed by atoms with Gasteiger partial charge < -0.3 is 15.1 Å². The molecule has 1 heterocycles. The number of anilines is 1. The molecule has 0 unspecified atom stereocenters. The van der Waals surface area contributed by atoms with Gasteiger partial charge in [0.05, 0.1) is 5.52 Å². The molecule has 1 aromatic heterocycles.